The number of aromatic nitrogens is 3. The highest BCUT2D eigenvalue weighted by atomic mass is 19.4. The van der Waals surface area contributed by atoms with Gasteiger partial charge in [-0.3, -0.25) is 4.79 Å². The van der Waals surface area contributed by atoms with E-state index >= 15 is 0 Å². The van der Waals surface area contributed by atoms with E-state index < -0.39 is 11.7 Å². The zero-order valence-electron chi connectivity index (χ0n) is 14.1. The molecule has 26 heavy (non-hydrogen) atoms. The Balaban J connectivity index is 2.08. The van der Waals surface area contributed by atoms with Crippen molar-refractivity contribution < 1.29 is 18.0 Å². The number of hydrogen-bond acceptors (Lipinski definition) is 3. The van der Waals surface area contributed by atoms with Crippen molar-refractivity contribution in [3.05, 3.63) is 59.9 Å². The van der Waals surface area contributed by atoms with Crippen LogP contribution in [0.4, 0.5) is 18.9 Å². The third kappa shape index (κ3) is 3.17. The van der Waals surface area contributed by atoms with E-state index in [0.29, 0.717) is 28.1 Å². The summed E-state index contributed by atoms with van der Waals surface area (Å²) in [7, 11) is 0. The molecule has 0 fully saturated rings. The van der Waals surface area contributed by atoms with Gasteiger partial charge in [0.25, 0.3) is 0 Å². The first-order chi connectivity index (χ1) is 12.2. The number of carbonyl (C=O) groups is 1. The lowest BCUT2D eigenvalue weighted by molar-refractivity contribution is -0.138. The highest BCUT2D eigenvalue weighted by Gasteiger charge is 2.32. The summed E-state index contributed by atoms with van der Waals surface area (Å²) in [5.41, 5.74) is 1.50. The lowest BCUT2D eigenvalue weighted by Gasteiger charge is -2.12. The Labute approximate surface area is 147 Å². The van der Waals surface area contributed by atoms with Crippen LogP contribution < -0.4 is 5.32 Å². The number of nitrogens with zero attached hydrogens (tertiary/aromatic N) is 3. The molecule has 1 aromatic carbocycles. The molecule has 3 aromatic rings. The van der Waals surface area contributed by atoms with Crippen LogP contribution in [-0.2, 0) is 11.0 Å². The van der Waals surface area contributed by atoms with E-state index in [9.17, 15) is 18.0 Å². The predicted octanol–water partition coefficient (Wildman–Crippen LogP) is 4.18. The highest BCUT2D eigenvalue weighted by molar-refractivity contribution is 6.00. The number of alkyl halides is 3. The number of carbonyl (C=O) groups excluding carboxylic acids is 1. The van der Waals surface area contributed by atoms with Crippen LogP contribution in [0.5, 0.6) is 0 Å². The maximum absolute atomic E-state index is 12.9. The molecule has 0 saturated carbocycles. The molecule has 1 amide bonds. The highest BCUT2D eigenvalue weighted by Crippen LogP contribution is 2.33. The molecule has 2 aromatic heterocycles. The van der Waals surface area contributed by atoms with Crippen molar-refractivity contribution in [2.45, 2.75) is 20.0 Å². The van der Waals surface area contributed by atoms with E-state index in [1.165, 1.54) is 29.9 Å². The van der Waals surface area contributed by atoms with Crippen LogP contribution in [0.25, 0.3) is 16.7 Å². The van der Waals surface area contributed by atoms with Gasteiger partial charge in [-0.2, -0.15) is 18.3 Å². The molecular formula is C18H15F3N4O. The first-order valence-electron chi connectivity index (χ1n) is 7.67. The number of pyridine rings is 1. The molecule has 0 aliphatic heterocycles. The van der Waals surface area contributed by atoms with Crippen molar-refractivity contribution in [2.24, 2.45) is 0 Å². The fourth-order valence-corrected chi connectivity index (χ4v) is 2.68. The van der Waals surface area contributed by atoms with Gasteiger partial charge in [0.1, 0.15) is 0 Å². The Kier molecular flexibility index (Phi) is 4.27. The Bertz CT molecular complexity index is 1020. The van der Waals surface area contributed by atoms with Gasteiger partial charge in [0.15, 0.2) is 5.65 Å². The average Bonchev–Trinajstić information content (AvgIpc) is 2.90. The fourth-order valence-electron chi connectivity index (χ4n) is 2.68. The zero-order valence-corrected chi connectivity index (χ0v) is 14.1. The predicted molar refractivity (Wildman–Crippen MR) is 92.2 cm³/mol. The molecule has 0 aliphatic rings. The van der Waals surface area contributed by atoms with Crippen molar-refractivity contribution in [3.63, 3.8) is 0 Å². The van der Waals surface area contributed by atoms with Gasteiger partial charge < -0.3 is 5.32 Å². The first-order valence-corrected chi connectivity index (χ1v) is 7.67. The van der Waals surface area contributed by atoms with Gasteiger partial charge in [-0.25, -0.2) is 9.67 Å². The van der Waals surface area contributed by atoms with E-state index in [0.717, 1.165) is 12.1 Å². The molecule has 3 rings (SSSR count). The number of hydrogen-bond donors (Lipinski definition) is 1. The molecule has 0 radical (unpaired) electrons. The SMILES string of the molecule is C=CC(=O)Nc1cnc2c(c1)c(C)nn2-c1ccc(C(F)(F)F)c(C)c1. The molecule has 5 nitrogen and oxygen atoms in total. The Morgan fingerprint density at radius 1 is 1.27 bits per heavy atom. The topological polar surface area (TPSA) is 59.8 Å². The molecule has 0 spiro atoms. The van der Waals surface area contributed by atoms with E-state index in [2.05, 4.69) is 22.0 Å². The monoisotopic (exact) mass is 360 g/mol. The molecule has 0 unspecified atom stereocenters. The number of anilines is 1. The van der Waals surface area contributed by atoms with Crippen LogP contribution in [-0.4, -0.2) is 20.7 Å². The molecule has 0 saturated heterocycles. The van der Waals surface area contributed by atoms with Gasteiger partial charge in [0.2, 0.25) is 5.91 Å². The quantitative estimate of drug-likeness (QED) is 0.713. The Morgan fingerprint density at radius 2 is 2.00 bits per heavy atom. The second kappa shape index (κ2) is 6.29. The van der Waals surface area contributed by atoms with Crippen LogP contribution in [0.15, 0.2) is 43.1 Å². The van der Waals surface area contributed by atoms with Crippen molar-refractivity contribution in [1.29, 1.82) is 0 Å². The summed E-state index contributed by atoms with van der Waals surface area (Å²) in [4.78, 5) is 15.7. The largest absolute Gasteiger partial charge is 0.416 e. The van der Waals surface area contributed by atoms with E-state index in [1.807, 2.05) is 0 Å². The summed E-state index contributed by atoms with van der Waals surface area (Å²) in [6.45, 7) is 6.55. The van der Waals surface area contributed by atoms with E-state index in [1.54, 1.807) is 13.0 Å². The van der Waals surface area contributed by atoms with Crippen molar-refractivity contribution in [1.82, 2.24) is 14.8 Å². The molecular weight excluding hydrogens is 345 g/mol. The maximum atomic E-state index is 12.9. The summed E-state index contributed by atoms with van der Waals surface area (Å²) >= 11 is 0. The molecule has 0 bridgehead atoms. The number of halogens is 3. The van der Waals surface area contributed by atoms with Crippen LogP contribution >= 0.6 is 0 Å². The molecule has 8 heteroatoms. The molecule has 0 aliphatic carbocycles. The van der Waals surface area contributed by atoms with E-state index in [4.69, 9.17) is 0 Å². The van der Waals surface area contributed by atoms with Gasteiger partial charge in [0, 0.05) is 5.39 Å². The minimum atomic E-state index is -4.40. The molecule has 0 atom stereocenters. The Hall–Kier alpha value is -3.16. The van der Waals surface area contributed by atoms with Crippen LogP contribution in [0.2, 0.25) is 0 Å². The normalized spacial score (nSPS) is 11.6. The van der Waals surface area contributed by atoms with Gasteiger partial charge in [-0.1, -0.05) is 6.58 Å². The standard InChI is InChI=1S/C18H15F3N4O/c1-4-16(26)23-12-8-14-11(3)24-25(17(14)22-9-12)13-5-6-15(10(2)7-13)18(19,20)21/h4-9H,1H2,2-3H3,(H,23,26). The Morgan fingerprint density at radius 3 is 2.62 bits per heavy atom. The van der Waals surface area contributed by atoms with E-state index in [-0.39, 0.29) is 11.5 Å². The number of rotatable bonds is 3. The minimum Gasteiger partial charge on any atom is -0.321 e. The van der Waals surface area contributed by atoms with Gasteiger partial charge in [0.05, 0.1) is 28.8 Å². The second-order valence-corrected chi connectivity index (χ2v) is 5.78. The molecule has 1 N–H and O–H groups in total. The number of benzene rings is 1. The summed E-state index contributed by atoms with van der Waals surface area (Å²) in [6, 6.07) is 5.52. The summed E-state index contributed by atoms with van der Waals surface area (Å²) in [6.07, 6.45) is -1.80. The van der Waals surface area contributed by atoms with Crippen molar-refractivity contribution in [2.75, 3.05) is 5.32 Å². The smallest absolute Gasteiger partial charge is 0.321 e. The summed E-state index contributed by atoms with van der Waals surface area (Å²) in [5.74, 6) is -0.366. The minimum absolute atomic E-state index is 0.103. The third-order valence-corrected chi connectivity index (χ3v) is 3.92. The van der Waals surface area contributed by atoms with Gasteiger partial charge in [-0.05, 0) is 49.8 Å². The van der Waals surface area contributed by atoms with Crippen LogP contribution in [0.3, 0.4) is 0 Å². The average molecular weight is 360 g/mol. The maximum Gasteiger partial charge on any atom is 0.416 e. The number of amides is 1. The van der Waals surface area contributed by atoms with Gasteiger partial charge >= 0.3 is 6.18 Å². The van der Waals surface area contributed by atoms with Crippen LogP contribution in [0, 0.1) is 13.8 Å². The number of aryl methyl sites for hydroxylation is 2. The summed E-state index contributed by atoms with van der Waals surface area (Å²) < 4.78 is 40.3. The zero-order chi connectivity index (χ0) is 19.1. The van der Waals surface area contributed by atoms with Crippen molar-refractivity contribution >= 4 is 22.6 Å². The molecule has 134 valence electrons. The fraction of sp³-hybridized carbons (Fsp3) is 0.167. The second-order valence-electron chi connectivity index (χ2n) is 5.78. The lowest BCUT2D eigenvalue weighted by Crippen LogP contribution is -2.09. The van der Waals surface area contributed by atoms with Crippen molar-refractivity contribution in [3.8, 4) is 5.69 Å². The first kappa shape index (κ1) is 17.7. The number of nitrogens with one attached hydrogen (secondary N) is 1. The molecule has 2 heterocycles. The summed E-state index contributed by atoms with van der Waals surface area (Å²) in [5, 5.41) is 7.67. The van der Waals surface area contributed by atoms with Crippen LogP contribution in [0.1, 0.15) is 16.8 Å². The van der Waals surface area contributed by atoms with Gasteiger partial charge in [-0.15, -0.1) is 0 Å². The lowest BCUT2D eigenvalue weighted by atomic mass is 10.1. The third-order valence-electron chi connectivity index (χ3n) is 3.92. The number of fused-ring (bicyclic) bond motifs is 1.